The van der Waals surface area contributed by atoms with Gasteiger partial charge in [-0.1, -0.05) is 151 Å². The zero-order chi connectivity index (χ0) is 37.4. The third-order valence-corrected chi connectivity index (χ3v) is 17.4. The van der Waals surface area contributed by atoms with Crippen molar-refractivity contribution >= 4 is 79.7 Å². The zero-order valence-electron chi connectivity index (χ0n) is 30.2. The van der Waals surface area contributed by atoms with E-state index in [1.807, 2.05) is 140 Å². The van der Waals surface area contributed by atoms with Crippen LogP contribution in [0.3, 0.4) is 0 Å². The van der Waals surface area contributed by atoms with Gasteiger partial charge in [-0.15, -0.1) is 0 Å². The maximum Gasteiger partial charge on any atom is 0.171 e. The van der Waals surface area contributed by atoms with Crippen LogP contribution in [0.15, 0.2) is 216 Å². The second kappa shape index (κ2) is 14.5. The lowest BCUT2D eigenvalue weighted by molar-refractivity contribution is 0.591. The van der Waals surface area contributed by atoms with Gasteiger partial charge in [-0.05, 0) is 79.7 Å². The normalized spacial score (nSPS) is 11.9. The van der Waals surface area contributed by atoms with Gasteiger partial charge < -0.3 is 13.7 Å². The molecule has 6 heteroatoms. The van der Waals surface area contributed by atoms with E-state index in [1.54, 1.807) is 11.8 Å². The summed E-state index contributed by atoms with van der Waals surface area (Å²) in [6.45, 7) is 2.10. The molecule has 0 bridgehead atoms. The van der Waals surface area contributed by atoms with E-state index in [9.17, 15) is 0 Å². The summed E-state index contributed by atoms with van der Waals surface area (Å²) in [6.07, 6.45) is 0. The maximum absolute atomic E-state index is 15.5. The van der Waals surface area contributed by atoms with Gasteiger partial charge in [0.25, 0.3) is 0 Å². The van der Waals surface area contributed by atoms with E-state index in [2.05, 4.69) is 78.2 Å². The standard InChI is InChI=1S/C49H37NO2P2S/c1-36-22-29-44(30-23-36)55-45-31-33-49-47(35-45)46-34-43(54(52,40-18-10-4-11-19-40)41-20-12-5-13-21-41)28-32-48(46)50(49)37-24-26-42(27-25-37)53(51,38-14-6-2-7-15-38)39-16-8-3-9-17-39/h2-35H,1H3. The van der Waals surface area contributed by atoms with E-state index in [-0.39, 0.29) is 0 Å². The Morgan fingerprint density at radius 1 is 0.382 bits per heavy atom. The van der Waals surface area contributed by atoms with Gasteiger partial charge in [0.1, 0.15) is 0 Å². The number of hydrogen-bond acceptors (Lipinski definition) is 3. The number of aromatic nitrogens is 1. The first-order valence-electron chi connectivity index (χ1n) is 18.3. The number of benzene rings is 8. The van der Waals surface area contributed by atoms with E-state index in [0.717, 1.165) is 64.2 Å². The smallest absolute Gasteiger partial charge is 0.171 e. The molecule has 0 aliphatic carbocycles. The quantitative estimate of drug-likeness (QED) is 0.137. The molecule has 0 aliphatic rings. The Labute approximate surface area is 326 Å². The maximum atomic E-state index is 15.5. The second-order valence-electron chi connectivity index (χ2n) is 13.7. The van der Waals surface area contributed by atoms with Gasteiger partial charge in [-0.2, -0.15) is 0 Å². The first-order chi connectivity index (χ1) is 26.9. The number of hydrogen-bond donors (Lipinski definition) is 0. The van der Waals surface area contributed by atoms with E-state index in [4.69, 9.17) is 0 Å². The zero-order valence-corrected chi connectivity index (χ0v) is 32.8. The summed E-state index contributed by atoms with van der Waals surface area (Å²) in [6, 6.07) is 68.9. The minimum absolute atomic E-state index is 0.778. The van der Waals surface area contributed by atoms with Crippen molar-refractivity contribution in [2.24, 2.45) is 0 Å². The first-order valence-corrected chi connectivity index (χ1v) is 22.5. The van der Waals surface area contributed by atoms with Crippen LogP contribution >= 0.6 is 26.0 Å². The molecule has 9 aromatic rings. The average Bonchev–Trinajstić information content (AvgIpc) is 3.58. The monoisotopic (exact) mass is 765 g/mol. The van der Waals surface area contributed by atoms with Gasteiger partial charge in [0.2, 0.25) is 0 Å². The summed E-state index contributed by atoms with van der Waals surface area (Å²) in [4.78, 5) is 2.29. The van der Waals surface area contributed by atoms with Crippen LogP contribution < -0.4 is 31.8 Å². The van der Waals surface area contributed by atoms with Crippen molar-refractivity contribution in [3.63, 3.8) is 0 Å². The minimum atomic E-state index is -3.22. The molecule has 0 spiro atoms. The molecule has 55 heavy (non-hydrogen) atoms. The first kappa shape index (κ1) is 35.1. The van der Waals surface area contributed by atoms with Gasteiger partial charge in [-0.3, -0.25) is 0 Å². The Bertz CT molecular complexity index is 2790. The Balaban J connectivity index is 1.24. The summed E-state index contributed by atoms with van der Waals surface area (Å²) in [5.41, 5.74) is 4.23. The van der Waals surface area contributed by atoms with Crippen molar-refractivity contribution in [3.8, 4) is 5.69 Å². The molecule has 0 aliphatic heterocycles. The van der Waals surface area contributed by atoms with Crippen molar-refractivity contribution in [2.75, 3.05) is 0 Å². The summed E-state index contributed by atoms with van der Waals surface area (Å²) in [5, 5.41) is 6.87. The van der Waals surface area contributed by atoms with Crippen molar-refractivity contribution in [2.45, 2.75) is 16.7 Å². The van der Waals surface area contributed by atoms with Gasteiger partial charge in [0.05, 0.1) is 11.0 Å². The van der Waals surface area contributed by atoms with Gasteiger partial charge in [0, 0.05) is 58.1 Å². The third kappa shape index (κ3) is 6.31. The summed E-state index contributed by atoms with van der Waals surface area (Å²) in [5.74, 6) is 0. The number of rotatable bonds is 9. The van der Waals surface area contributed by atoms with Gasteiger partial charge >= 0.3 is 0 Å². The summed E-state index contributed by atoms with van der Waals surface area (Å²) >= 11 is 1.73. The van der Waals surface area contributed by atoms with E-state index >= 15 is 9.13 Å². The third-order valence-electron chi connectivity index (χ3n) is 10.3. The molecule has 0 atom stereocenters. The van der Waals surface area contributed by atoms with Crippen LogP contribution in [0, 0.1) is 6.92 Å². The SMILES string of the molecule is Cc1ccc(Sc2ccc3c(c2)c2cc(P(=O)(c4ccccc4)c4ccccc4)ccc2n3-c2ccc(P(=O)(c3ccccc3)c3ccccc3)cc2)cc1. The number of fused-ring (bicyclic) bond motifs is 3. The fourth-order valence-electron chi connectivity index (χ4n) is 7.53. The van der Waals surface area contributed by atoms with Crippen molar-refractivity contribution in [1.29, 1.82) is 0 Å². The lowest BCUT2D eigenvalue weighted by Gasteiger charge is -2.21. The minimum Gasteiger partial charge on any atom is -0.309 e. The van der Waals surface area contributed by atoms with Crippen molar-refractivity contribution in [1.82, 2.24) is 4.57 Å². The Hall–Kier alpha value is -5.63. The molecule has 0 amide bonds. The predicted octanol–water partition coefficient (Wildman–Crippen LogP) is 10.5. The highest BCUT2D eigenvalue weighted by atomic mass is 32.2. The fraction of sp³-hybridized carbons (Fsp3) is 0.0204. The Morgan fingerprint density at radius 2 is 0.764 bits per heavy atom. The fourth-order valence-corrected chi connectivity index (χ4v) is 13.7. The van der Waals surface area contributed by atoms with E-state index in [1.165, 1.54) is 10.5 Å². The lowest BCUT2D eigenvalue weighted by atomic mass is 10.1. The van der Waals surface area contributed by atoms with E-state index in [0.29, 0.717) is 0 Å². The highest BCUT2D eigenvalue weighted by Crippen LogP contribution is 2.45. The van der Waals surface area contributed by atoms with Gasteiger partial charge in [0.15, 0.2) is 14.3 Å². The van der Waals surface area contributed by atoms with E-state index < -0.39 is 14.3 Å². The van der Waals surface area contributed by atoms with Crippen LogP contribution in [0.25, 0.3) is 27.5 Å². The molecule has 8 aromatic carbocycles. The summed E-state index contributed by atoms with van der Waals surface area (Å²) < 4.78 is 33.0. The molecular formula is C49H37NO2P2S. The molecule has 0 saturated carbocycles. The topological polar surface area (TPSA) is 39.1 Å². The molecule has 266 valence electrons. The van der Waals surface area contributed by atoms with Crippen LogP contribution in [-0.4, -0.2) is 4.57 Å². The molecule has 9 rings (SSSR count). The van der Waals surface area contributed by atoms with Crippen LogP contribution in [0.5, 0.6) is 0 Å². The highest BCUT2D eigenvalue weighted by molar-refractivity contribution is 7.99. The van der Waals surface area contributed by atoms with Gasteiger partial charge in [-0.25, -0.2) is 0 Å². The Morgan fingerprint density at radius 3 is 1.25 bits per heavy atom. The highest BCUT2D eigenvalue weighted by Gasteiger charge is 2.31. The average molecular weight is 766 g/mol. The van der Waals surface area contributed by atoms with Crippen LogP contribution in [-0.2, 0) is 9.13 Å². The molecule has 0 radical (unpaired) electrons. The number of aryl methyl sites for hydroxylation is 1. The van der Waals surface area contributed by atoms with Crippen LogP contribution in [0.1, 0.15) is 5.56 Å². The molecule has 0 saturated heterocycles. The lowest BCUT2D eigenvalue weighted by Crippen LogP contribution is -2.25. The molecule has 0 unspecified atom stereocenters. The van der Waals surface area contributed by atoms with Crippen LogP contribution in [0.4, 0.5) is 0 Å². The molecule has 3 nitrogen and oxygen atoms in total. The molecule has 0 fully saturated rings. The van der Waals surface area contributed by atoms with Crippen molar-refractivity contribution in [3.05, 3.63) is 212 Å². The second-order valence-corrected chi connectivity index (χ2v) is 20.4. The Kier molecular flexibility index (Phi) is 9.28. The van der Waals surface area contributed by atoms with Crippen molar-refractivity contribution < 1.29 is 9.13 Å². The molecule has 1 heterocycles. The predicted molar refractivity (Wildman–Crippen MR) is 235 cm³/mol. The molecule has 0 N–H and O–H groups in total. The number of nitrogens with zero attached hydrogens (tertiary/aromatic N) is 1. The molecule has 1 aromatic heterocycles. The van der Waals surface area contributed by atoms with Crippen LogP contribution in [0.2, 0.25) is 0 Å². The largest absolute Gasteiger partial charge is 0.309 e. The molecular weight excluding hydrogens is 729 g/mol. The summed E-state index contributed by atoms with van der Waals surface area (Å²) in [7, 11) is -6.36.